The molecule has 4 aliphatic heterocycles. The third kappa shape index (κ3) is 9.00. The molecule has 0 spiro atoms. The molecule has 4 fully saturated rings. The molecule has 1 aromatic heterocycles. The van der Waals surface area contributed by atoms with Crippen molar-refractivity contribution in [3.63, 3.8) is 0 Å². The third-order valence-electron chi connectivity index (χ3n) is 11.0. The van der Waals surface area contributed by atoms with Crippen LogP contribution in [0.5, 0.6) is 23.0 Å². The van der Waals surface area contributed by atoms with Crippen LogP contribution in [0.2, 0.25) is 0 Å². The fraction of sp³-hybridized carbons (Fsp3) is 0.605. The van der Waals surface area contributed by atoms with Gasteiger partial charge in [-0.05, 0) is 24.3 Å². The Labute approximate surface area is 349 Å². The summed E-state index contributed by atoms with van der Waals surface area (Å²) in [6.07, 6.45) is -33.3. The molecule has 0 aliphatic carbocycles. The van der Waals surface area contributed by atoms with Crippen molar-refractivity contribution >= 4 is 11.0 Å². The molecule has 0 unspecified atom stereocenters. The van der Waals surface area contributed by atoms with E-state index < -0.39 is 155 Å². The van der Waals surface area contributed by atoms with Crippen molar-refractivity contribution < 1.29 is 119 Å². The fourth-order valence-electron chi connectivity index (χ4n) is 7.43. The molecule has 4 aliphatic rings. The predicted molar refractivity (Wildman–Crippen MR) is 197 cm³/mol. The minimum Gasteiger partial charge on any atom is -0.504 e. The number of ether oxygens (including phenoxy) is 8. The zero-order chi connectivity index (χ0) is 44.7. The van der Waals surface area contributed by atoms with Crippen molar-refractivity contribution in [2.45, 2.75) is 117 Å². The molecule has 7 rings (SSSR count). The van der Waals surface area contributed by atoms with Crippen LogP contribution < -0.4 is 9.47 Å². The number of hydrogen-bond acceptors (Lipinski definition) is 23. The smallest absolute Gasteiger partial charge is 0.402 e. The Bertz CT molecular complexity index is 1970. The van der Waals surface area contributed by atoms with Gasteiger partial charge in [0, 0.05) is 18.2 Å². The van der Waals surface area contributed by atoms with Crippen molar-refractivity contribution in [2.75, 3.05) is 26.4 Å². The lowest BCUT2D eigenvalue weighted by Crippen LogP contribution is -2.65. The molecule has 62 heavy (non-hydrogen) atoms. The van der Waals surface area contributed by atoms with Crippen LogP contribution in [0.1, 0.15) is 0 Å². The first-order chi connectivity index (χ1) is 29.6. The van der Waals surface area contributed by atoms with Gasteiger partial charge in [-0.1, -0.05) is 0 Å². The summed E-state index contributed by atoms with van der Waals surface area (Å²) in [5.74, 6) is -1.63. The summed E-state index contributed by atoms with van der Waals surface area (Å²) in [6, 6.07) is 9.23. The summed E-state index contributed by atoms with van der Waals surface area (Å²) >= 11 is 0. The van der Waals surface area contributed by atoms with Crippen molar-refractivity contribution in [3.8, 4) is 34.3 Å². The molecule has 0 radical (unpaired) electrons. The first-order valence-electron chi connectivity index (χ1n) is 19.3. The largest absolute Gasteiger partial charge is 0.504 e. The number of phenols is 2. The van der Waals surface area contributed by atoms with E-state index in [0.717, 1.165) is 12.1 Å². The quantitative estimate of drug-likeness (QED) is 0.0595. The van der Waals surface area contributed by atoms with Crippen molar-refractivity contribution in [3.05, 3.63) is 42.5 Å². The molecule has 0 saturated carbocycles. The first-order valence-corrected chi connectivity index (χ1v) is 19.3. The molecule has 5 heterocycles. The average Bonchev–Trinajstić information content (AvgIpc) is 3.26. The van der Waals surface area contributed by atoms with Gasteiger partial charge >= 0.3 is 11.3 Å². The van der Waals surface area contributed by atoms with Gasteiger partial charge in [-0.15, -0.1) is 0 Å². The van der Waals surface area contributed by atoms with Crippen molar-refractivity contribution in [1.82, 2.24) is 0 Å². The molecular formula is C38H49O24+. The predicted octanol–water partition coefficient (Wildman–Crippen LogP) is -5.56. The summed E-state index contributed by atoms with van der Waals surface area (Å²) < 4.78 is 52.2. The monoisotopic (exact) mass is 889 g/mol. The van der Waals surface area contributed by atoms with Crippen LogP contribution in [-0.4, -0.2) is 220 Å². The second kappa shape index (κ2) is 19.2. The van der Waals surface area contributed by atoms with E-state index in [-0.39, 0.29) is 33.8 Å². The van der Waals surface area contributed by atoms with E-state index >= 15 is 0 Å². The van der Waals surface area contributed by atoms with E-state index in [9.17, 15) is 76.6 Å². The van der Waals surface area contributed by atoms with Crippen LogP contribution in [0.15, 0.2) is 46.9 Å². The van der Waals surface area contributed by atoms with Gasteiger partial charge in [0.2, 0.25) is 18.3 Å². The van der Waals surface area contributed by atoms with Crippen LogP contribution in [0, 0.1) is 0 Å². The Kier molecular flexibility index (Phi) is 14.3. The summed E-state index contributed by atoms with van der Waals surface area (Å²) in [7, 11) is 0. The summed E-state index contributed by atoms with van der Waals surface area (Å²) in [6.45, 7) is -3.03. The molecule has 2 aromatic carbocycles. The van der Waals surface area contributed by atoms with Gasteiger partial charge in [0.05, 0.1) is 32.0 Å². The topological polar surface area (TPSA) is 389 Å². The molecule has 344 valence electrons. The lowest BCUT2D eigenvalue weighted by Gasteiger charge is -2.46. The fourth-order valence-corrected chi connectivity index (χ4v) is 7.43. The van der Waals surface area contributed by atoms with E-state index in [1.165, 1.54) is 30.3 Å². The highest BCUT2D eigenvalue weighted by molar-refractivity contribution is 5.87. The number of benzene rings is 2. The Morgan fingerprint density at radius 1 is 0.532 bits per heavy atom. The van der Waals surface area contributed by atoms with Crippen LogP contribution in [0.25, 0.3) is 22.3 Å². The Morgan fingerprint density at radius 3 is 1.73 bits per heavy atom. The molecule has 0 amide bonds. The summed E-state index contributed by atoms with van der Waals surface area (Å²) in [4.78, 5) is 0. The highest BCUT2D eigenvalue weighted by Crippen LogP contribution is 2.42. The lowest BCUT2D eigenvalue weighted by atomic mass is 9.98. The molecule has 0 bridgehead atoms. The average molecular weight is 890 g/mol. The number of rotatable bonds is 12. The molecule has 3 aromatic rings. The summed E-state index contributed by atoms with van der Waals surface area (Å²) in [5, 5.41) is 157. The zero-order valence-electron chi connectivity index (χ0n) is 32.2. The van der Waals surface area contributed by atoms with Gasteiger partial charge in [-0.25, -0.2) is 4.42 Å². The highest BCUT2D eigenvalue weighted by Gasteiger charge is 2.53. The molecule has 15 N–H and O–H groups in total. The normalized spacial score (nSPS) is 40.3. The van der Waals surface area contributed by atoms with Crippen LogP contribution in [0.3, 0.4) is 0 Å². The van der Waals surface area contributed by atoms with Crippen LogP contribution in [-0.2, 0) is 28.4 Å². The number of aliphatic hydroxyl groups is 13. The van der Waals surface area contributed by atoms with E-state index in [1.54, 1.807) is 0 Å². The number of hydrogen-bond donors (Lipinski definition) is 15. The SMILES string of the molecule is OC[C@H]1O[C@@H](Oc2cccc3[o+]c(-c4ccc(O)c(O)c4)c(O[C@@H]4O[C@H](CO)[C@@H](O)[C@H](O)[C@H]4O[C@@H]4OC[C@@H](O)[C@H](O[C@@H]5O[C@H](CO)[C@@H](O)[C@H](O)[C@H]5O)[C@H]4O)cc23)[C@H](O)[C@@H](O)[C@@H]1O. The molecule has 4 saturated heterocycles. The maximum atomic E-state index is 11.4. The van der Waals surface area contributed by atoms with Crippen molar-refractivity contribution in [1.29, 1.82) is 0 Å². The van der Waals surface area contributed by atoms with Crippen LogP contribution in [0.4, 0.5) is 0 Å². The Hall–Kier alpha value is -3.71. The summed E-state index contributed by atoms with van der Waals surface area (Å²) in [5.41, 5.74) is 0.143. The molecule has 24 nitrogen and oxygen atoms in total. The molecule has 24 heteroatoms. The van der Waals surface area contributed by atoms with Gasteiger partial charge in [-0.2, -0.15) is 0 Å². The maximum Gasteiger partial charge on any atom is 0.402 e. The number of fused-ring (bicyclic) bond motifs is 1. The highest BCUT2D eigenvalue weighted by atomic mass is 16.8. The maximum absolute atomic E-state index is 11.4. The van der Waals surface area contributed by atoms with Gasteiger partial charge < -0.3 is 114 Å². The van der Waals surface area contributed by atoms with E-state index in [2.05, 4.69) is 0 Å². The number of aliphatic hydroxyl groups excluding tert-OH is 13. The first kappa shape index (κ1) is 46.3. The second-order valence-electron chi connectivity index (χ2n) is 15.1. The Morgan fingerprint density at radius 2 is 1.10 bits per heavy atom. The molecular weight excluding hydrogens is 840 g/mol. The minimum atomic E-state index is -2.00. The van der Waals surface area contributed by atoms with E-state index in [1.807, 2.05) is 0 Å². The zero-order valence-corrected chi connectivity index (χ0v) is 32.2. The van der Waals surface area contributed by atoms with Crippen LogP contribution >= 0.6 is 0 Å². The molecule has 19 atom stereocenters. The van der Waals surface area contributed by atoms with Gasteiger partial charge in [0.1, 0.15) is 96.6 Å². The van der Waals surface area contributed by atoms with E-state index in [4.69, 9.17) is 42.3 Å². The Balaban J connectivity index is 1.22. The van der Waals surface area contributed by atoms with Crippen molar-refractivity contribution in [2.24, 2.45) is 0 Å². The van der Waals surface area contributed by atoms with Gasteiger partial charge in [-0.3, -0.25) is 0 Å². The minimum absolute atomic E-state index is 0.0609. The second-order valence-corrected chi connectivity index (χ2v) is 15.1. The van der Waals surface area contributed by atoms with Gasteiger partial charge in [0.15, 0.2) is 30.2 Å². The lowest BCUT2D eigenvalue weighted by molar-refractivity contribution is -0.368. The van der Waals surface area contributed by atoms with E-state index in [0.29, 0.717) is 0 Å². The van der Waals surface area contributed by atoms with Gasteiger partial charge in [0.25, 0.3) is 0 Å². The standard InChI is InChI=1S/C38H48O24/c39-8-20-23(45)26(48)29(51)36(58-20)56-18-3-1-2-17-13(18)7-19(32(55-17)12-4-5-14(42)15(43)6-12)57-38-34(28(50)25(47)22(10-41)60-38)62-35-31(53)33(16(44)11-54-35)61-37-30(52)27(49)24(46)21(9-40)59-37/h1-7,16,20-31,33-41,44-53H,8-11H2,(H-,42,43)/p+1/t16-,20-,21-,22-,23-,24-,25-,26+,27+,28+,29-,30-,31-,33+,34-,35+,36-,37+,38-/m1/s1. The number of aromatic hydroxyl groups is 2. The third-order valence-corrected chi connectivity index (χ3v) is 11.0. The number of phenolic OH excluding ortho intramolecular Hbond substituents is 2.